The van der Waals surface area contributed by atoms with Gasteiger partial charge < -0.3 is 14.6 Å². The first-order chi connectivity index (χ1) is 17.8. The van der Waals surface area contributed by atoms with E-state index in [4.69, 9.17) is 14.6 Å². The number of anilines is 1. The van der Waals surface area contributed by atoms with Gasteiger partial charge in [0.05, 0.1) is 10.6 Å². The maximum absolute atomic E-state index is 14.5. The molecule has 7 nitrogen and oxygen atoms in total. The smallest absolute Gasteiger partial charge is 0.331 e. The van der Waals surface area contributed by atoms with Gasteiger partial charge in [-0.2, -0.15) is 0 Å². The molecular formula is C27H26F2N2O5S. The van der Waals surface area contributed by atoms with Crippen LogP contribution in [0, 0.1) is 11.6 Å². The number of rotatable bonds is 10. The van der Waals surface area contributed by atoms with Gasteiger partial charge in [0.1, 0.15) is 24.0 Å². The van der Waals surface area contributed by atoms with Crippen LogP contribution in [-0.2, 0) is 22.6 Å². The topological polar surface area (TPSA) is 97.8 Å². The number of aromatic nitrogens is 1. The Morgan fingerprint density at radius 3 is 2.70 bits per heavy atom. The van der Waals surface area contributed by atoms with E-state index in [1.165, 1.54) is 18.3 Å². The molecule has 37 heavy (non-hydrogen) atoms. The maximum Gasteiger partial charge on any atom is 0.331 e. The van der Waals surface area contributed by atoms with E-state index in [1.54, 1.807) is 0 Å². The largest absolute Gasteiger partial charge is 0.487 e. The van der Waals surface area contributed by atoms with Crippen LogP contribution in [-0.4, -0.2) is 35.2 Å². The Morgan fingerprint density at radius 1 is 1.24 bits per heavy atom. The van der Waals surface area contributed by atoms with Crippen LogP contribution >= 0.6 is 11.3 Å². The highest BCUT2D eigenvalue weighted by Crippen LogP contribution is 2.43. The van der Waals surface area contributed by atoms with E-state index < -0.39 is 29.1 Å². The second kappa shape index (κ2) is 11.6. The van der Waals surface area contributed by atoms with Crippen molar-refractivity contribution in [1.29, 1.82) is 0 Å². The molecule has 0 unspecified atom stereocenters. The maximum atomic E-state index is 14.5. The molecule has 10 heteroatoms. The molecule has 0 fully saturated rings. The quantitative estimate of drug-likeness (QED) is 0.245. The first-order valence-electron chi connectivity index (χ1n) is 11.8. The third kappa shape index (κ3) is 6.03. The predicted molar refractivity (Wildman–Crippen MR) is 137 cm³/mol. The highest BCUT2D eigenvalue weighted by atomic mass is 32.1. The third-order valence-electron chi connectivity index (χ3n) is 5.74. The first-order valence-corrected chi connectivity index (χ1v) is 12.6. The SMILES string of the molecule is CCCOCCCc1cccc2c1OCc1sc(NC(=O)c3cc(F)c(/C=C(\C)C(=O)O)c(F)c3)nc1-2. The Hall–Kier alpha value is -3.63. The lowest BCUT2D eigenvalue weighted by atomic mass is 10.0. The minimum atomic E-state index is -1.30. The Morgan fingerprint density at radius 2 is 2.00 bits per heavy atom. The molecular weight excluding hydrogens is 502 g/mol. The Bertz CT molecular complexity index is 1350. The highest BCUT2D eigenvalue weighted by molar-refractivity contribution is 7.16. The van der Waals surface area contributed by atoms with E-state index in [-0.39, 0.29) is 16.3 Å². The number of nitrogens with one attached hydrogen (secondary N) is 1. The number of fused-ring (bicyclic) bond motifs is 3. The second-order valence-corrected chi connectivity index (χ2v) is 9.61. The van der Waals surface area contributed by atoms with E-state index in [9.17, 15) is 18.4 Å². The van der Waals surface area contributed by atoms with Crippen molar-refractivity contribution in [3.05, 3.63) is 69.1 Å². The molecule has 4 rings (SSSR count). The van der Waals surface area contributed by atoms with Gasteiger partial charge in [0.25, 0.3) is 5.91 Å². The van der Waals surface area contributed by atoms with Crippen LogP contribution in [0.25, 0.3) is 17.3 Å². The molecule has 0 bridgehead atoms. The fourth-order valence-electron chi connectivity index (χ4n) is 3.90. The first kappa shape index (κ1) is 26.4. The molecule has 0 atom stereocenters. The molecule has 194 valence electrons. The molecule has 0 aliphatic carbocycles. The molecule has 1 aromatic heterocycles. The number of hydrogen-bond acceptors (Lipinski definition) is 6. The molecule has 3 aromatic rings. The van der Waals surface area contributed by atoms with Crippen LogP contribution < -0.4 is 10.1 Å². The van der Waals surface area contributed by atoms with Crippen LogP contribution in [0.2, 0.25) is 0 Å². The summed E-state index contributed by atoms with van der Waals surface area (Å²) < 4.78 is 40.5. The molecule has 0 saturated heterocycles. The molecule has 0 radical (unpaired) electrons. The van der Waals surface area contributed by atoms with Crippen molar-refractivity contribution in [1.82, 2.24) is 4.98 Å². The monoisotopic (exact) mass is 528 g/mol. The Balaban J connectivity index is 1.51. The Kier molecular flexibility index (Phi) is 8.30. The molecule has 1 aliphatic rings. The number of thiazole rings is 1. The lowest BCUT2D eigenvalue weighted by Gasteiger charge is -2.19. The minimum absolute atomic E-state index is 0.237. The van der Waals surface area contributed by atoms with Gasteiger partial charge in [-0.3, -0.25) is 10.1 Å². The lowest BCUT2D eigenvalue weighted by molar-refractivity contribution is -0.132. The van der Waals surface area contributed by atoms with Gasteiger partial charge >= 0.3 is 5.97 Å². The minimum Gasteiger partial charge on any atom is -0.487 e. The summed E-state index contributed by atoms with van der Waals surface area (Å²) in [7, 11) is 0. The van der Waals surface area contributed by atoms with Crippen LogP contribution in [0.15, 0.2) is 35.9 Å². The van der Waals surface area contributed by atoms with Crippen LogP contribution in [0.4, 0.5) is 13.9 Å². The molecule has 1 aliphatic heterocycles. The van der Waals surface area contributed by atoms with Crippen molar-refractivity contribution >= 4 is 34.4 Å². The zero-order valence-corrected chi connectivity index (χ0v) is 21.2. The number of nitrogens with zero attached hydrogens (tertiary/aromatic N) is 1. The average molecular weight is 529 g/mol. The molecule has 0 spiro atoms. The summed E-state index contributed by atoms with van der Waals surface area (Å²) in [5.74, 6) is -3.36. The fraction of sp³-hybridized carbons (Fsp3) is 0.296. The number of carboxylic acid groups (broad SMARTS) is 1. The number of aryl methyl sites for hydroxylation is 1. The number of carbonyl (C=O) groups excluding carboxylic acids is 1. The van der Waals surface area contributed by atoms with Gasteiger partial charge in [0.2, 0.25) is 0 Å². The van der Waals surface area contributed by atoms with Gasteiger partial charge in [-0.25, -0.2) is 18.6 Å². The molecule has 2 N–H and O–H groups in total. The fourth-order valence-corrected chi connectivity index (χ4v) is 4.79. The van der Waals surface area contributed by atoms with E-state index in [0.717, 1.165) is 65.8 Å². The molecule has 2 heterocycles. The van der Waals surface area contributed by atoms with Gasteiger partial charge in [-0.1, -0.05) is 30.4 Å². The van der Waals surface area contributed by atoms with Gasteiger partial charge in [0, 0.05) is 35.5 Å². The summed E-state index contributed by atoms with van der Waals surface area (Å²) in [6.45, 7) is 5.00. The Labute approximate surface area is 216 Å². The van der Waals surface area contributed by atoms with E-state index in [0.29, 0.717) is 18.9 Å². The summed E-state index contributed by atoms with van der Waals surface area (Å²) >= 11 is 1.23. The van der Waals surface area contributed by atoms with E-state index in [2.05, 4.69) is 17.2 Å². The zero-order chi connectivity index (χ0) is 26.5. The standard InChI is InChI=1S/C27H26F2N2O5S/c1-3-9-35-10-5-7-16-6-4-8-18-23-22(14-36-24(16)18)37-27(30-23)31-25(32)17-12-20(28)19(21(29)13-17)11-15(2)26(33)34/h4,6,8,11-13H,3,5,7,9-10,14H2,1-2H3,(H,33,34)(H,30,31,32)/b15-11+. The highest BCUT2D eigenvalue weighted by Gasteiger charge is 2.25. The number of ether oxygens (including phenoxy) is 2. The predicted octanol–water partition coefficient (Wildman–Crippen LogP) is 6.08. The van der Waals surface area contributed by atoms with Crippen molar-refractivity contribution in [2.75, 3.05) is 18.5 Å². The lowest BCUT2D eigenvalue weighted by Crippen LogP contribution is -2.13. The van der Waals surface area contributed by atoms with Crippen molar-refractivity contribution in [2.45, 2.75) is 39.7 Å². The summed E-state index contributed by atoms with van der Waals surface area (Å²) in [4.78, 5) is 29.1. The van der Waals surface area contributed by atoms with E-state index >= 15 is 0 Å². The van der Waals surface area contributed by atoms with Crippen LogP contribution in [0.3, 0.4) is 0 Å². The number of para-hydroxylation sites is 1. The summed E-state index contributed by atoms with van der Waals surface area (Å²) in [6.07, 6.45) is 3.52. The van der Waals surface area contributed by atoms with Crippen LogP contribution in [0.1, 0.15) is 53.1 Å². The summed E-state index contributed by atoms with van der Waals surface area (Å²) in [6, 6.07) is 7.58. The summed E-state index contributed by atoms with van der Waals surface area (Å²) in [5.41, 5.74) is 1.57. The number of hydrogen-bond donors (Lipinski definition) is 2. The van der Waals surface area contributed by atoms with Crippen molar-refractivity contribution in [2.24, 2.45) is 0 Å². The number of benzene rings is 2. The molecule has 0 saturated carbocycles. The molecule has 2 aromatic carbocycles. The van der Waals surface area contributed by atoms with Crippen molar-refractivity contribution in [3.63, 3.8) is 0 Å². The van der Waals surface area contributed by atoms with Crippen molar-refractivity contribution < 1.29 is 33.0 Å². The van der Waals surface area contributed by atoms with Gasteiger partial charge in [-0.15, -0.1) is 0 Å². The summed E-state index contributed by atoms with van der Waals surface area (Å²) in [5, 5.41) is 11.8. The van der Waals surface area contributed by atoms with Gasteiger partial charge in [0.15, 0.2) is 5.13 Å². The number of amides is 1. The third-order valence-corrected chi connectivity index (χ3v) is 6.68. The second-order valence-electron chi connectivity index (χ2n) is 8.53. The normalized spacial score (nSPS) is 12.5. The average Bonchev–Trinajstić information content (AvgIpc) is 3.28. The number of carboxylic acids is 1. The number of carbonyl (C=O) groups is 2. The van der Waals surface area contributed by atoms with E-state index in [1.807, 2.05) is 18.2 Å². The van der Waals surface area contributed by atoms with Gasteiger partial charge in [-0.05, 0) is 56.0 Å². The molecule has 1 amide bonds. The number of aliphatic carboxylic acids is 1. The van der Waals surface area contributed by atoms with Crippen LogP contribution in [0.5, 0.6) is 5.75 Å². The number of halogens is 2. The van der Waals surface area contributed by atoms with Crippen molar-refractivity contribution in [3.8, 4) is 17.0 Å². The zero-order valence-electron chi connectivity index (χ0n) is 20.4.